The zero-order chi connectivity index (χ0) is 12.8. The molecule has 2 N–H and O–H groups in total. The largest absolute Gasteiger partial charge is 0.395 e. The molecule has 0 spiro atoms. The Morgan fingerprint density at radius 3 is 2.78 bits per heavy atom. The third-order valence-electron chi connectivity index (χ3n) is 2.31. The van der Waals surface area contributed by atoms with Crippen molar-refractivity contribution in [2.45, 2.75) is 6.61 Å². The van der Waals surface area contributed by atoms with Gasteiger partial charge >= 0.3 is 0 Å². The maximum Gasteiger partial charge on any atom is 0.258 e. The molecule has 0 unspecified atom stereocenters. The second-order valence-electron chi connectivity index (χ2n) is 3.68. The van der Waals surface area contributed by atoms with Crippen LogP contribution < -0.4 is 5.32 Å². The second kappa shape index (κ2) is 6.13. The molecule has 6 nitrogen and oxygen atoms in total. The fourth-order valence-corrected chi connectivity index (χ4v) is 1.49. The Hall–Kier alpha value is -1.92. The molecule has 1 aromatic heterocycles. The van der Waals surface area contributed by atoms with Crippen molar-refractivity contribution in [1.82, 2.24) is 10.1 Å². The predicted octanol–water partition coefficient (Wildman–Crippen LogP) is 1.29. The molecule has 6 heteroatoms. The topological polar surface area (TPSA) is 80.4 Å². The van der Waals surface area contributed by atoms with E-state index in [9.17, 15) is 0 Å². The van der Waals surface area contributed by atoms with E-state index < -0.39 is 0 Å². The van der Waals surface area contributed by atoms with E-state index in [4.69, 9.17) is 14.4 Å². The van der Waals surface area contributed by atoms with Crippen LogP contribution in [-0.4, -0.2) is 35.5 Å². The lowest BCUT2D eigenvalue weighted by molar-refractivity contribution is 0.174. The summed E-state index contributed by atoms with van der Waals surface area (Å²) in [4.78, 5) is 4.20. The maximum atomic E-state index is 8.71. The van der Waals surface area contributed by atoms with E-state index in [-0.39, 0.29) is 6.61 Å². The summed E-state index contributed by atoms with van der Waals surface area (Å²) in [6.07, 6.45) is 0. The first-order valence-electron chi connectivity index (χ1n) is 5.60. The van der Waals surface area contributed by atoms with Crippen molar-refractivity contribution < 1.29 is 14.4 Å². The molecule has 0 saturated carbocycles. The van der Waals surface area contributed by atoms with Crippen LogP contribution in [0.4, 0.5) is 5.69 Å². The molecule has 0 radical (unpaired) electrons. The highest BCUT2D eigenvalue weighted by atomic mass is 16.5. The van der Waals surface area contributed by atoms with E-state index in [0.29, 0.717) is 24.9 Å². The van der Waals surface area contributed by atoms with E-state index in [0.717, 1.165) is 11.3 Å². The van der Waals surface area contributed by atoms with Crippen molar-refractivity contribution in [3.8, 4) is 11.5 Å². The molecule has 0 fully saturated rings. The number of rotatable bonds is 6. The number of hydrogen-bond donors (Lipinski definition) is 2. The van der Waals surface area contributed by atoms with Crippen LogP contribution in [0.5, 0.6) is 0 Å². The van der Waals surface area contributed by atoms with Gasteiger partial charge in [0, 0.05) is 24.9 Å². The van der Waals surface area contributed by atoms with Gasteiger partial charge < -0.3 is 19.7 Å². The second-order valence-corrected chi connectivity index (χ2v) is 3.68. The van der Waals surface area contributed by atoms with Gasteiger partial charge in [-0.2, -0.15) is 4.98 Å². The first-order valence-corrected chi connectivity index (χ1v) is 5.60. The number of methoxy groups -OCH3 is 1. The van der Waals surface area contributed by atoms with Gasteiger partial charge in [-0.05, 0) is 24.3 Å². The molecule has 1 heterocycles. The van der Waals surface area contributed by atoms with Gasteiger partial charge in [0.15, 0.2) is 5.82 Å². The number of aliphatic hydroxyl groups is 1. The van der Waals surface area contributed by atoms with Crippen molar-refractivity contribution in [3.63, 3.8) is 0 Å². The minimum absolute atomic E-state index is 0.103. The van der Waals surface area contributed by atoms with Crippen molar-refractivity contribution in [2.24, 2.45) is 0 Å². The minimum atomic E-state index is 0.103. The molecule has 0 aliphatic heterocycles. The SMILES string of the molecule is COCc1noc(-c2ccc(NCCO)cc2)n1. The minimum Gasteiger partial charge on any atom is -0.395 e. The summed E-state index contributed by atoms with van der Waals surface area (Å²) in [6, 6.07) is 7.55. The fourth-order valence-electron chi connectivity index (χ4n) is 1.49. The van der Waals surface area contributed by atoms with Crippen molar-refractivity contribution >= 4 is 5.69 Å². The summed E-state index contributed by atoms with van der Waals surface area (Å²) in [5.41, 5.74) is 1.78. The van der Waals surface area contributed by atoms with E-state index in [2.05, 4.69) is 15.5 Å². The van der Waals surface area contributed by atoms with Gasteiger partial charge in [0.2, 0.25) is 0 Å². The summed E-state index contributed by atoms with van der Waals surface area (Å²) >= 11 is 0. The summed E-state index contributed by atoms with van der Waals surface area (Å²) in [5.74, 6) is 0.991. The standard InChI is InChI=1S/C12H15N3O3/c1-17-8-11-14-12(18-15-11)9-2-4-10(5-3-9)13-6-7-16/h2-5,13,16H,6-8H2,1H3. The van der Waals surface area contributed by atoms with Gasteiger partial charge in [-0.25, -0.2) is 0 Å². The molecule has 0 aliphatic rings. The number of hydrogen-bond acceptors (Lipinski definition) is 6. The van der Waals surface area contributed by atoms with Gasteiger partial charge in [0.1, 0.15) is 6.61 Å². The normalized spacial score (nSPS) is 10.6. The molecule has 0 bridgehead atoms. The van der Waals surface area contributed by atoms with Crippen molar-refractivity contribution in [2.75, 3.05) is 25.6 Å². The zero-order valence-corrected chi connectivity index (χ0v) is 10.1. The average Bonchev–Trinajstić information content (AvgIpc) is 2.86. The lowest BCUT2D eigenvalue weighted by atomic mass is 10.2. The number of anilines is 1. The third kappa shape index (κ3) is 3.06. The van der Waals surface area contributed by atoms with E-state index in [1.807, 2.05) is 24.3 Å². The number of nitrogens with zero attached hydrogens (tertiary/aromatic N) is 2. The van der Waals surface area contributed by atoms with Crippen LogP contribution in [0, 0.1) is 0 Å². The fraction of sp³-hybridized carbons (Fsp3) is 0.333. The van der Waals surface area contributed by atoms with Gasteiger partial charge in [-0.15, -0.1) is 0 Å². The molecule has 0 saturated heterocycles. The molecule has 18 heavy (non-hydrogen) atoms. The van der Waals surface area contributed by atoms with Gasteiger partial charge in [0.25, 0.3) is 5.89 Å². The molecular formula is C12H15N3O3. The van der Waals surface area contributed by atoms with Gasteiger partial charge in [-0.3, -0.25) is 0 Å². The molecule has 2 rings (SSSR count). The Kier molecular flexibility index (Phi) is 4.27. The first kappa shape index (κ1) is 12.5. The summed E-state index contributed by atoms with van der Waals surface area (Å²) in [7, 11) is 1.58. The van der Waals surface area contributed by atoms with Gasteiger partial charge in [-0.1, -0.05) is 5.16 Å². The molecule has 0 aliphatic carbocycles. The van der Waals surface area contributed by atoms with Crippen LogP contribution in [0.3, 0.4) is 0 Å². The average molecular weight is 249 g/mol. The van der Waals surface area contributed by atoms with Crippen molar-refractivity contribution in [3.05, 3.63) is 30.1 Å². The van der Waals surface area contributed by atoms with Crippen LogP contribution >= 0.6 is 0 Å². The summed E-state index contributed by atoms with van der Waals surface area (Å²) in [6.45, 7) is 0.962. The lowest BCUT2D eigenvalue weighted by Crippen LogP contribution is -2.04. The molecule has 0 amide bonds. The molecule has 0 atom stereocenters. The lowest BCUT2D eigenvalue weighted by Gasteiger charge is -2.03. The van der Waals surface area contributed by atoms with E-state index in [1.165, 1.54) is 0 Å². The molecule has 2 aromatic rings. The number of aliphatic hydroxyl groups excluding tert-OH is 1. The smallest absolute Gasteiger partial charge is 0.258 e. The Morgan fingerprint density at radius 1 is 1.33 bits per heavy atom. The highest BCUT2D eigenvalue weighted by Crippen LogP contribution is 2.19. The Morgan fingerprint density at radius 2 is 2.11 bits per heavy atom. The van der Waals surface area contributed by atoms with Crippen LogP contribution in [0.25, 0.3) is 11.5 Å². The van der Waals surface area contributed by atoms with Crippen LogP contribution in [0.2, 0.25) is 0 Å². The summed E-state index contributed by atoms with van der Waals surface area (Å²) < 4.78 is 10.0. The maximum absolute atomic E-state index is 8.71. The Balaban J connectivity index is 2.07. The molecule has 96 valence electrons. The first-order chi connectivity index (χ1) is 8.83. The van der Waals surface area contributed by atoms with Crippen LogP contribution in [-0.2, 0) is 11.3 Å². The number of ether oxygens (including phenoxy) is 1. The number of nitrogens with one attached hydrogen (secondary N) is 1. The highest BCUT2D eigenvalue weighted by molar-refractivity contribution is 5.58. The van der Waals surface area contributed by atoms with E-state index >= 15 is 0 Å². The third-order valence-corrected chi connectivity index (χ3v) is 2.31. The number of aromatic nitrogens is 2. The van der Waals surface area contributed by atoms with Crippen LogP contribution in [0.15, 0.2) is 28.8 Å². The predicted molar refractivity (Wildman–Crippen MR) is 66.0 cm³/mol. The zero-order valence-electron chi connectivity index (χ0n) is 10.1. The van der Waals surface area contributed by atoms with Crippen molar-refractivity contribution in [1.29, 1.82) is 0 Å². The molecule has 1 aromatic carbocycles. The number of benzene rings is 1. The molecular weight excluding hydrogens is 234 g/mol. The highest BCUT2D eigenvalue weighted by Gasteiger charge is 2.08. The van der Waals surface area contributed by atoms with Crippen LogP contribution in [0.1, 0.15) is 5.82 Å². The monoisotopic (exact) mass is 249 g/mol. The Bertz CT molecular complexity index is 482. The quantitative estimate of drug-likeness (QED) is 0.803. The van der Waals surface area contributed by atoms with E-state index in [1.54, 1.807) is 7.11 Å². The van der Waals surface area contributed by atoms with Gasteiger partial charge in [0.05, 0.1) is 6.61 Å². The summed E-state index contributed by atoms with van der Waals surface area (Å²) in [5, 5.41) is 15.6. The Labute approximate surface area is 105 Å².